The fourth-order valence-electron chi connectivity index (χ4n) is 5.62. The first kappa shape index (κ1) is 48.4. The van der Waals surface area contributed by atoms with Crippen LogP contribution in [0.1, 0.15) is 77.7 Å². The summed E-state index contributed by atoms with van der Waals surface area (Å²) in [6.07, 6.45) is -6.24. The highest BCUT2D eigenvalue weighted by Gasteiger charge is 2.35. The number of guanidine groups is 1. The van der Waals surface area contributed by atoms with E-state index >= 15 is 0 Å². The van der Waals surface area contributed by atoms with Crippen molar-refractivity contribution in [3.8, 4) is 0 Å². The van der Waals surface area contributed by atoms with Crippen molar-refractivity contribution in [3.63, 3.8) is 0 Å². The molecule has 322 valence electrons. The Morgan fingerprint density at radius 2 is 1.45 bits per heavy atom. The SMILES string of the molecule is CC(C)C[C@H](NC(=O)[C@H](CCCCN)NC(=O)CCC(=O)O)C(=O)N[C@H](C(=O)N[C@@H](CCCN=C(N)N)C(=O)Nc1ccc2c(C(F)(F)F)cc(=O)oc2c1)[C@@H](C)O. The molecule has 22 heteroatoms. The molecular formula is C36H52F3N9O10. The number of carbonyl (C=O) groups excluding carboxylic acids is 5. The number of alkyl halides is 3. The summed E-state index contributed by atoms with van der Waals surface area (Å²) in [5.74, 6) is -5.95. The maximum atomic E-state index is 13.7. The van der Waals surface area contributed by atoms with Crippen LogP contribution in [0.3, 0.4) is 0 Å². The number of nitrogens with zero attached hydrogens (tertiary/aromatic N) is 1. The zero-order valence-corrected chi connectivity index (χ0v) is 32.3. The Morgan fingerprint density at radius 1 is 0.828 bits per heavy atom. The normalized spacial score (nSPS) is 14.0. The van der Waals surface area contributed by atoms with E-state index in [0.717, 1.165) is 18.2 Å². The molecule has 0 radical (unpaired) electrons. The van der Waals surface area contributed by atoms with Gasteiger partial charge in [-0.25, -0.2) is 4.79 Å². The van der Waals surface area contributed by atoms with Gasteiger partial charge < -0.3 is 58.4 Å². The van der Waals surface area contributed by atoms with Gasteiger partial charge in [-0.05, 0) is 70.0 Å². The van der Waals surface area contributed by atoms with Crippen LogP contribution < -0.4 is 49.4 Å². The number of halogens is 3. The molecule has 2 aromatic rings. The number of carboxylic acid groups (broad SMARTS) is 1. The molecule has 0 bridgehead atoms. The number of aliphatic imine (C=N–C) groups is 1. The highest BCUT2D eigenvalue weighted by atomic mass is 19.4. The third kappa shape index (κ3) is 16.4. The lowest BCUT2D eigenvalue weighted by Crippen LogP contribution is -2.60. The molecule has 0 aliphatic carbocycles. The molecular weight excluding hydrogens is 775 g/mol. The standard InChI is InChI=1S/C36H52F3N9O10/c1-18(2)15-25(47-32(55)23(7-4-5-13-40)45-27(50)11-12-28(51)52)33(56)48-30(19(3)49)34(57)46-24(8-6-14-43-35(41)42)31(54)44-20-9-10-21-22(36(37,38)39)17-29(53)58-26(21)16-20/h9-10,16-19,23-25,30,49H,4-8,11-15,40H2,1-3H3,(H,44,54)(H,45,50)(H,46,57)(H,47,55)(H,48,56)(H,51,52)(H4,41,42,43)/t19-,23+,24+,25+,30+/m1/s1. The molecule has 0 saturated carbocycles. The Labute approximate surface area is 331 Å². The van der Waals surface area contributed by atoms with Crippen molar-refractivity contribution in [2.24, 2.45) is 28.1 Å². The molecule has 58 heavy (non-hydrogen) atoms. The summed E-state index contributed by atoms with van der Waals surface area (Å²) in [7, 11) is 0. The second kappa shape index (κ2) is 22.8. The summed E-state index contributed by atoms with van der Waals surface area (Å²) in [6.45, 7) is 5.01. The van der Waals surface area contributed by atoms with Gasteiger partial charge in [0.05, 0.1) is 18.1 Å². The number of nitrogens with one attached hydrogen (secondary N) is 5. The number of unbranched alkanes of at least 4 members (excludes halogenated alkanes) is 1. The maximum absolute atomic E-state index is 13.7. The van der Waals surface area contributed by atoms with E-state index in [9.17, 15) is 51.8 Å². The highest BCUT2D eigenvalue weighted by molar-refractivity contribution is 6.00. The number of carboxylic acids is 1. The Balaban J connectivity index is 2.33. The third-order valence-electron chi connectivity index (χ3n) is 8.46. The highest BCUT2D eigenvalue weighted by Crippen LogP contribution is 2.34. The van der Waals surface area contributed by atoms with Crippen LogP contribution in [0.15, 0.2) is 38.5 Å². The molecule has 1 aromatic carbocycles. The van der Waals surface area contributed by atoms with Gasteiger partial charge in [-0.3, -0.25) is 33.8 Å². The molecule has 0 aliphatic rings. The summed E-state index contributed by atoms with van der Waals surface area (Å²) in [6, 6.07) is -2.15. The number of benzene rings is 1. The minimum absolute atomic E-state index is 0.0176. The Hall–Kier alpha value is -5.77. The average Bonchev–Trinajstić information content (AvgIpc) is 3.11. The molecule has 0 fully saturated rings. The van der Waals surface area contributed by atoms with Gasteiger partial charge in [0.2, 0.25) is 29.5 Å². The van der Waals surface area contributed by atoms with E-state index in [4.69, 9.17) is 26.7 Å². The lowest BCUT2D eigenvalue weighted by Gasteiger charge is -2.28. The van der Waals surface area contributed by atoms with Crippen LogP contribution in [0.4, 0.5) is 18.9 Å². The zero-order valence-electron chi connectivity index (χ0n) is 32.3. The van der Waals surface area contributed by atoms with Crippen LogP contribution in [0.5, 0.6) is 0 Å². The number of carbonyl (C=O) groups is 6. The minimum Gasteiger partial charge on any atom is -0.481 e. The molecule has 19 nitrogen and oxygen atoms in total. The molecule has 0 saturated heterocycles. The molecule has 0 spiro atoms. The summed E-state index contributed by atoms with van der Waals surface area (Å²) in [5.41, 5.74) is 13.2. The molecule has 13 N–H and O–H groups in total. The lowest BCUT2D eigenvalue weighted by atomic mass is 10.0. The third-order valence-corrected chi connectivity index (χ3v) is 8.46. The van der Waals surface area contributed by atoms with Gasteiger partial charge in [0.25, 0.3) is 0 Å². The molecule has 0 aliphatic heterocycles. The number of nitrogens with two attached hydrogens (primary N) is 3. The number of aliphatic hydroxyl groups is 1. The quantitative estimate of drug-likeness (QED) is 0.0309. The van der Waals surface area contributed by atoms with E-state index < -0.39 is 107 Å². The largest absolute Gasteiger partial charge is 0.481 e. The number of hydrogen-bond donors (Lipinski definition) is 10. The fourth-order valence-corrected chi connectivity index (χ4v) is 5.62. The molecule has 1 aromatic heterocycles. The number of anilines is 1. The monoisotopic (exact) mass is 827 g/mol. The topological polar surface area (TPSA) is 324 Å². The Morgan fingerprint density at radius 3 is 2.03 bits per heavy atom. The number of rotatable bonds is 23. The van der Waals surface area contributed by atoms with Gasteiger partial charge >= 0.3 is 17.8 Å². The van der Waals surface area contributed by atoms with Gasteiger partial charge in [0.1, 0.15) is 29.8 Å². The predicted octanol–water partition coefficient (Wildman–Crippen LogP) is 0.164. The van der Waals surface area contributed by atoms with Gasteiger partial charge in [0, 0.05) is 36.2 Å². The Bertz CT molecular complexity index is 1850. The zero-order chi connectivity index (χ0) is 43.7. The van der Waals surface area contributed by atoms with Crippen LogP contribution >= 0.6 is 0 Å². The summed E-state index contributed by atoms with van der Waals surface area (Å²) >= 11 is 0. The number of aliphatic carboxylic acids is 1. The van der Waals surface area contributed by atoms with Crippen LogP contribution in [0.25, 0.3) is 11.0 Å². The van der Waals surface area contributed by atoms with Gasteiger partial charge in [-0.1, -0.05) is 13.8 Å². The number of fused-ring (bicyclic) bond motifs is 1. The van der Waals surface area contributed by atoms with E-state index in [-0.39, 0.29) is 49.8 Å². The van der Waals surface area contributed by atoms with Crippen molar-refractivity contribution in [1.29, 1.82) is 0 Å². The summed E-state index contributed by atoms with van der Waals surface area (Å²) in [5, 5.41) is 31.5. The Kier molecular flexibility index (Phi) is 19.1. The predicted molar refractivity (Wildman–Crippen MR) is 205 cm³/mol. The van der Waals surface area contributed by atoms with Crippen molar-refractivity contribution in [1.82, 2.24) is 21.3 Å². The van der Waals surface area contributed by atoms with E-state index in [1.54, 1.807) is 13.8 Å². The number of amides is 5. The van der Waals surface area contributed by atoms with Crippen molar-refractivity contribution in [3.05, 3.63) is 40.2 Å². The van der Waals surface area contributed by atoms with E-state index in [1.165, 1.54) is 6.92 Å². The molecule has 2 rings (SSSR count). The van der Waals surface area contributed by atoms with Gasteiger partial charge in [-0.2, -0.15) is 13.2 Å². The van der Waals surface area contributed by atoms with E-state index in [0.29, 0.717) is 25.5 Å². The van der Waals surface area contributed by atoms with E-state index in [2.05, 4.69) is 31.6 Å². The second-order valence-corrected chi connectivity index (χ2v) is 13.9. The van der Waals surface area contributed by atoms with Crippen LogP contribution in [0.2, 0.25) is 0 Å². The van der Waals surface area contributed by atoms with Crippen LogP contribution in [-0.2, 0) is 34.9 Å². The van der Waals surface area contributed by atoms with E-state index in [1.807, 2.05) is 0 Å². The average molecular weight is 828 g/mol. The van der Waals surface area contributed by atoms with Crippen molar-refractivity contribution < 1.29 is 56.6 Å². The molecule has 0 unspecified atom stereocenters. The van der Waals surface area contributed by atoms with Crippen LogP contribution in [0, 0.1) is 5.92 Å². The number of aliphatic hydroxyl groups excluding tert-OH is 1. The first-order valence-corrected chi connectivity index (χ1v) is 18.4. The smallest absolute Gasteiger partial charge is 0.417 e. The minimum atomic E-state index is -4.88. The lowest BCUT2D eigenvalue weighted by molar-refractivity contribution is -0.139. The summed E-state index contributed by atoms with van der Waals surface area (Å²) in [4.78, 5) is 93.3. The molecule has 5 atom stereocenters. The first-order chi connectivity index (χ1) is 27.1. The summed E-state index contributed by atoms with van der Waals surface area (Å²) < 4.78 is 45.6. The van der Waals surface area contributed by atoms with Gasteiger partial charge in [-0.15, -0.1) is 0 Å². The van der Waals surface area contributed by atoms with Crippen molar-refractivity contribution >= 4 is 58.1 Å². The van der Waals surface area contributed by atoms with Crippen LogP contribution in [-0.4, -0.2) is 95.0 Å². The van der Waals surface area contributed by atoms with Crippen molar-refractivity contribution in [2.75, 3.05) is 18.4 Å². The van der Waals surface area contributed by atoms with Gasteiger partial charge in [0.15, 0.2) is 5.96 Å². The fraction of sp³-hybridized carbons (Fsp3) is 0.556. The number of hydrogen-bond acceptors (Lipinski definition) is 11. The first-order valence-electron chi connectivity index (χ1n) is 18.4. The van der Waals surface area contributed by atoms with Crippen molar-refractivity contribution in [2.45, 2.75) is 109 Å². The second-order valence-electron chi connectivity index (χ2n) is 13.9. The maximum Gasteiger partial charge on any atom is 0.417 e. The molecule has 1 heterocycles. The molecule has 5 amide bonds.